The molecule has 0 bridgehead atoms. The van der Waals surface area contributed by atoms with Crippen LogP contribution in [0.15, 0.2) is 54.6 Å². The van der Waals surface area contributed by atoms with Gasteiger partial charge in [-0.1, -0.05) is 36.4 Å². The second kappa shape index (κ2) is 7.62. The molecule has 5 nitrogen and oxygen atoms in total. The van der Waals surface area contributed by atoms with Gasteiger partial charge in [-0.05, 0) is 37.6 Å². The number of amides is 2. The second-order valence-electron chi connectivity index (χ2n) is 6.28. The number of nitrogens with one attached hydrogen (secondary N) is 1. The second-order valence-corrected chi connectivity index (χ2v) is 6.28. The van der Waals surface area contributed by atoms with Gasteiger partial charge in [0, 0.05) is 12.2 Å². The van der Waals surface area contributed by atoms with E-state index in [1.807, 2.05) is 36.4 Å². The molecule has 2 N–H and O–H groups in total. The zero-order valence-electron chi connectivity index (χ0n) is 13.9. The number of carbonyl (C=O) groups is 1. The largest absolute Gasteiger partial charge is 0.389 e. The summed E-state index contributed by atoms with van der Waals surface area (Å²) in [6.07, 6.45) is 0. The van der Waals surface area contributed by atoms with Gasteiger partial charge in [0.25, 0.3) is 0 Å². The van der Waals surface area contributed by atoms with Crippen molar-refractivity contribution in [3.63, 3.8) is 0 Å². The van der Waals surface area contributed by atoms with Crippen molar-refractivity contribution in [3.8, 4) is 6.07 Å². The fourth-order valence-electron chi connectivity index (χ4n) is 2.34. The highest BCUT2D eigenvalue weighted by molar-refractivity contribution is 5.89. The van der Waals surface area contributed by atoms with E-state index in [0.29, 0.717) is 17.8 Å². The Kier molecular flexibility index (Phi) is 5.56. The molecule has 0 unspecified atom stereocenters. The zero-order chi connectivity index (χ0) is 17.6. The molecule has 0 radical (unpaired) electrons. The molecule has 5 heteroatoms. The van der Waals surface area contributed by atoms with Crippen LogP contribution in [0.25, 0.3) is 0 Å². The minimum absolute atomic E-state index is 0.186. The van der Waals surface area contributed by atoms with E-state index < -0.39 is 5.60 Å². The first-order chi connectivity index (χ1) is 11.4. The molecular formula is C19H21N3O2. The van der Waals surface area contributed by atoms with Gasteiger partial charge in [0.05, 0.1) is 23.8 Å². The van der Waals surface area contributed by atoms with Crippen LogP contribution in [-0.2, 0) is 6.54 Å². The first kappa shape index (κ1) is 17.5. The molecule has 0 saturated carbocycles. The lowest BCUT2D eigenvalue weighted by molar-refractivity contribution is 0.0469. The fraction of sp³-hybridized carbons (Fsp3) is 0.263. The number of carbonyl (C=O) groups excluding carboxylic acids is 1. The Hall–Kier alpha value is -2.84. The summed E-state index contributed by atoms with van der Waals surface area (Å²) in [5.74, 6) is 0. The number of nitriles is 1. The molecule has 0 aliphatic carbocycles. The summed E-state index contributed by atoms with van der Waals surface area (Å²) in [5, 5.41) is 21.8. The summed E-state index contributed by atoms with van der Waals surface area (Å²) >= 11 is 0. The lowest BCUT2D eigenvalue weighted by atomic mass is 10.1. The predicted octanol–water partition coefficient (Wildman–Crippen LogP) is 3.36. The number of aliphatic hydroxyl groups is 1. The Bertz CT molecular complexity index is 730. The van der Waals surface area contributed by atoms with Gasteiger partial charge >= 0.3 is 6.03 Å². The Morgan fingerprint density at radius 3 is 2.54 bits per heavy atom. The van der Waals surface area contributed by atoms with Crippen LogP contribution in [-0.4, -0.2) is 28.2 Å². The normalized spacial score (nSPS) is 10.8. The predicted molar refractivity (Wildman–Crippen MR) is 93.3 cm³/mol. The Morgan fingerprint density at radius 2 is 1.92 bits per heavy atom. The third-order valence-electron chi connectivity index (χ3n) is 3.32. The Labute approximate surface area is 142 Å². The van der Waals surface area contributed by atoms with Gasteiger partial charge < -0.3 is 15.3 Å². The van der Waals surface area contributed by atoms with Crippen LogP contribution >= 0.6 is 0 Å². The molecule has 0 saturated heterocycles. The van der Waals surface area contributed by atoms with Crippen molar-refractivity contribution in [2.24, 2.45) is 0 Å². The number of anilines is 1. The van der Waals surface area contributed by atoms with Gasteiger partial charge in [0.2, 0.25) is 0 Å². The third kappa shape index (κ3) is 5.41. The molecule has 0 aromatic heterocycles. The molecule has 0 spiro atoms. The first-order valence-electron chi connectivity index (χ1n) is 7.70. The number of urea groups is 1. The summed E-state index contributed by atoms with van der Waals surface area (Å²) in [6, 6.07) is 18.0. The smallest absolute Gasteiger partial charge is 0.322 e. The summed E-state index contributed by atoms with van der Waals surface area (Å²) in [4.78, 5) is 14.2. The highest BCUT2D eigenvalue weighted by atomic mass is 16.3. The highest BCUT2D eigenvalue weighted by Crippen LogP contribution is 2.14. The van der Waals surface area contributed by atoms with Gasteiger partial charge in [0.15, 0.2) is 0 Å². The molecular weight excluding hydrogens is 302 g/mol. The van der Waals surface area contributed by atoms with E-state index in [2.05, 4.69) is 5.32 Å². The maximum Gasteiger partial charge on any atom is 0.322 e. The summed E-state index contributed by atoms with van der Waals surface area (Å²) in [6.45, 7) is 3.89. The molecule has 0 aliphatic heterocycles. The van der Waals surface area contributed by atoms with Crippen molar-refractivity contribution >= 4 is 11.7 Å². The lowest BCUT2D eigenvalue weighted by Gasteiger charge is -2.29. The minimum Gasteiger partial charge on any atom is -0.389 e. The molecule has 2 aromatic carbocycles. The molecule has 0 aliphatic rings. The van der Waals surface area contributed by atoms with Crippen molar-refractivity contribution in [1.82, 2.24) is 4.90 Å². The fourth-order valence-corrected chi connectivity index (χ4v) is 2.34. The van der Waals surface area contributed by atoms with E-state index in [0.717, 1.165) is 5.56 Å². The minimum atomic E-state index is -1.01. The van der Waals surface area contributed by atoms with Crippen LogP contribution in [0.4, 0.5) is 10.5 Å². The van der Waals surface area contributed by atoms with Gasteiger partial charge in [-0.15, -0.1) is 0 Å². The van der Waals surface area contributed by atoms with Gasteiger partial charge in [-0.3, -0.25) is 0 Å². The quantitative estimate of drug-likeness (QED) is 0.886. The molecule has 2 amide bonds. The molecule has 0 atom stereocenters. The Balaban J connectivity index is 2.16. The maximum absolute atomic E-state index is 12.6. The highest BCUT2D eigenvalue weighted by Gasteiger charge is 2.23. The van der Waals surface area contributed by atoms with E-state index in [9.17, 15) is 9.90 Å². The van der Waals surface area contributed by atoms with E-state index in [1.165, 1.54) is 0 Å². The van der Waals surface area contributed by atoms with E-state index in [1.54, 1.807) is 43.0 Å². The summed E-state index contributed by atoms with van der Waals surface area (Å²) in [5.41, 5.74) is 0.987. The van der Waals surface area contributed by atoms with Gasteiger partial charge in [0.1, 0.15) is 0 Å². The lowest BCUT2D eigenvalue weighted by Crippen LogP contribution is -2.43. The molecule has 24 heavy (non-hydrogen) atoms. The number of nitrogens with zero attached hydrogens (tertiary/aromatic N) is 2. The van der Waals surface area contributed by atoms with E-state index in [4.69, 9.17) is 5.26 Å². The number of hydrogen-bond acceptors (Lipinski definition) is 3. The Morgan fingerprint density at radius 1 is 1.21 bits per heavy atom. The SMILES string of the molecule is CC(C)(O)CN(Cc1ccccc1)C(=O)Nc1cccc(C#N)c1. The van der Waals surface area contributed by atoms with Gasteiger partial charge in [-0.2, -0.15) is 5.26 Å². The van der Waals surface area contributed by atoms with Crippen molar-refractivity contribution in [2.75, 3.05) is 11.9 Å². The van der Waals surface area contributed by atoms with Crippen LogP contribution in [0.1, 0.15) is 25.0 Å². The summed E-state index contributed by atoms with van der Waals surface area (Å²) in [7, 11) is 0. The van der Waals surface area contributed by atoms with Gasteiger partial charge in [-0.25, -0.2) is 4.79 Å². The molecule has 2 aromatic rings. The van der Waals surface area contributed by atoms with Crippen LogP contribution in [0.3, 0.4) is 0 Å². The topological polar surface area (TPSA) is 76.4 Å². The number of hydrogen-bond donors (Lipinski definition) is 2. The maximum atomic E-state index is 12.6. The molecule has 0 heterocycles. The van der Waals surface area contributed by atoms with Crippen LogP contribution in [0, 0.1) is 11.3 Å². The van der Waals surface area contributed by atoms with E-state index >= 15 is 0 Å². The number of benzene rings is 2. The van der Waals surface area contributed by atoms with Crippen molar-refractivity contribution in [2.45, 2.75) is 26.0 Å². The molecule has 0 fully saturated rings. The van der Waals surface area contributed by atoms with Crippen LogP contribution in [0.5, 0.6) is 0 Å². The number of rotatable bonds is 5. The van der Waals surface area contributed by atoms with Crippen molar-refractivity contribution in [1.29, 1.82) is 5.26 Å². The average Bonchev–Trinajstić information content (AvgIpc) is 2.54. The average molecular weight is 323 g/mol. The standard InChI is InChI=1S/C19H21N3O2/c1-19(2,24)14-22(13-15-7-4-3-5-8-15)18(23)21-17-10-6-9-16(11-17)12-20/h3-11,24H,13-14H2,1-2H3,(H,21,23). The molecule has 2 rings (SSSR count). The first-order valence-corrected chi connectivity index (χ1v) is 7.70. The third-order valence-corrected chi connectivity index (χ3v) is 3.32. The zero-order valence-corrected chi connectivity index (χ0v) is 13.9. The van der Waals surface area contributed by atoms with Crippen molar-refractivity contribution in [3.05, 3.63) is 65.7 Å². The van der Waals surface area contributed by atoms with E-state index in [-0.39, 0.29) is 12.6 Å². The molecule has 124 valence electrons. The van der Waals surface area contributed by atoms with Crippen molar-refractivity contribution < 1.29 is 9.90 Å². The summed E-state index contributed by atoms with van der Waals surface area (Å²) < 4.78 is 0. The van der Waals surface area contributed by atoms with Crippen LogP contribution in [0.2, 0.25) is 0 Å². The van der Waals surface area contributed by atoms with Crippen LogP contribution < -0.4 is 5.32 Å². The monoisotopic (exact) mass is 323 g/mol.